The van der Waals surface area contributed by atoms with E-state index in [2.05, 4.69) is 16.5 Å². The summed E-state index contributed by atoms with van der Waals surface area (Å²) < 4.78 is 5.17. The standard InChI is InChI=1S/C16H15N3O3S/c1-4-5-9-6-10(7-12(22-2)14(9)20)13-11(8-17)15(21)19-16(18-13)23-3/h4,6-7,20H,1,5H2,2-3H3,(H,18,19,21). The van der Waals surface area contributed by atoms with Gasteiger partial charge in [-0.15, -0.1) is 6.58 Å². The summed E-state index contributed by atoms with van der Waals surface area (Å²) in [7, 11) is 1.43. The Bertz CT molecular complexity index is 853. The molecule has 1 heterocycles. The Kier molecular flexibility index (Phi) is 5.09. The summed E-state index contributed by atoms with van der Waals surface area (Å²) in [4.78, 5) is 18.9. The van der Waals surface area contributed by atoms with E-state index in [0.29, 0.717) is 22.7 Å². The zero-order valence-electron chi connectivity index (χ0n) is 12.7. The van der Waals surface area contributed by atoms with Crippen molar-refractivity contribution in [2.75, 3.05) is 13.4 Å². The fourth-order valence-corrected chi connectivity index (χ4v) is 2.51. The predicted molar refractivity (Wildman–Crippen MR) is 88.9 cm³/mol. The zero-order chi connectivity index (χ0) is 17.0. The van der Waals surface area contributed by atoms with Gasteiger partial charge in [-0.05, 0) is 24.8 Å². The summed E-state index contributed by atoms with van der Waals surface area (Å²) in [5.74, 6) is 0.251. The summed E-state index contributed by atoms with van der Waals surface area (Å²) in [6, 6.07) is 5.10. The van der Waals surface area contributed by atoms with Crippen molar-refractivity contribution in [2.24, 2.45) is 0 Å². The maximum Gasteiger partial charge on any atom is 0.270 e. The molecule has 2 N–H and O–H groups in total. The van der Waals surface area contributed by atoms with Gasteiger partial charge in [0.2, 0.25) is 0 Å². The van der Waals surface area contributed by atoms with Crippen molar-refractivity contribution in [3.05, 3.63) is 46.3 Å². The number of thioether (sulfide) groups is 1. The van der Waals surface area contributed by atoms with Crippen LogP contribution in [0.2, 0.25) is 0 Å². The molecule has 0 aliphatic rings. The summed E-state index contributed by atoms with van der Waals surface area (Å²) in [6.45, 7) is 3.65. The Labute approximate surface area is 137 Å². The largest absolute Gasteiger partial charge is 0.504 e. The summed E-state index contributed by atoms with van der Waals surface area (Å²) in [6.07, 6.45) is 3.83. The summed E-state index contributed by atoms with van der Waals surface area (Å²) >= 11 is 1.27. The lowest BCUT2D eigenvalue weighted by Crippen LogP contribution is -2.14. The van der Waals surface area contributed by atoms with E-state index in [4.69, 9.17) is 4.74 Å². The van der Waals surface area contributed by atoms with E-state index in [1.807, 2.05) is 6.07 Å². The molecule has 0 atom stereocenters. The van der Waals surface area contributed by atoms with E-state index < -0.39 is 5.56 Å². The van der Waals surface area contributed by atoms with E-state index in [0.717, 1.165) is 0 Å². The van der Waals surface area contributed by atoms with Gasteiger partial charge in [-0.2, -0.15) is 5.26 Å². The molecule has 1 aromatic carbocycles. The number of nitrogens with one attached hydrogen (secondary N) is 1. The number of aromatic nitrogens is 2. The van der Waals surface area contributed by atoms with Gasteiger partial charge in [-0.1, -0.05) is 17.8 Å². The third-order valence-corrected chi connectivity index (χ3v) is 3.79. The number of nitrogens with zero attached hydrogens (tertiary/aromatic N) is 2. The van der Waals surface area contributed by atoms with Gasteiger partial charge < -0.3 is 14.8 Å². The van der Waals surface area contributed by atoms with E-state index in [1.54, 1.807) is 24.5 Å². The fourth-order valence-electron chi connectivity index (χ4n) is 2.13. The maximum atomic E-state index is 12.0. The molecule has 0 fully saturated rings. The molecule has 0 unspecified atom stereocenters. The number of aromatic amines is 1. The molecule has 0 amide bonds. The molecule has 0 aliphatic carbocycles. The molecule has 7 heteroatoms. The van der Waals surface area contributed by atoms with Gasteiger partial charge in [0.25, 0.3) is 5.56 Å². The smallest absolute Gasteiger partial charge is 0.270 e. The lowest BCUT2D eigenvalue weighted by molar-refractivity contribution is 0.371. The van der Waals surface area contributed by atoms with Gasteiger partial charge in [0, 0.05) is 11.1 Å². The number of rotatable bonds is 5. The number of allylic oxidation sites excluding steroid dienone is 1. The van der Waals surface area contributed by atoms with Crippen LogP contribution in [0.3, 0.4) is 0 Å². The second-order valence-corrected chi connectivity index (χ2v) is 5.38. The van der Waals surface area contributed by atoms with Crippen LogP contribution in [0, 0.1) is 11.3 Å². The van der Waals surface area contributed by atoms with E-state index >= 15 is 0 Å². The highest BCUT2D eigenvalue weighted by Gasteiger charge is 2.17. The first-order chi connectivity index (χ1) is 11.0. The van der Waals surface area contributed by atoms with Gasteiger partial charge in [0.05, 0.1) is 12.8 Å². The van der Waals surface area contributed by atoms with Crippen LogP contribution in [-0.4, -0.2) is 28.4 Å². The molecule has 1 aromatic heterocycles. The Morgan fingerprint density at radius 2 is 2.30 bits per heavy atom. The first-order valence-electron chi connectivity index (χ1n) is 6.65. The number of hydrogen-bond acceptors (Lipinski definition) is 6. The number of H-pyrrole nitrogens is 1. The molecule has 0 saturated carbocycles. The lowest BCUT2D eigenvalue weighted by atomic mass is 10.0. The highest BCUT2D eigenvalue weighted by atomic mass is 32.2. The van der Waals surface area contributed by atoms with Crippen molar-refractivity contribution in [1.82, 2.24) is 9.97 Å². The normalized spacial score (nSPS) is 10.1. The Morgan fingerprint density at radius 1 is 1.57 bits per heavy atom. The topological polar surface area (TPSA) is 99.0 Å². The van der Waals surface area contributed by atoms with Crippen molar-refractivity contribution in [1.29, 1.82) is 5.26 Å². The van der Waals surface area contributed by atoms with Crippen LogP contribution in [0.5, 0.6) is 11.5 Å². The van der Waals surface area contributed by atoms with Gasteiger partial charge in [0.1, 0.15) is 11.6 Å². The average molecular weight is 329 g/mol. The predicted octanol–water partition coefficient (Wildman–Crippen LogP) is 2.47. The number of phenolic OH excluding ortho intramolecular Hbond substituents is 1. The van der Waals surface area contributed by atoms with Gasteiger partial charge >= 0.3 is 0 Å². The minimum absolute atomic E-state index is 0.00425. The van der Waals surface area contributed by atoms with E-state index in [1.165, 1.54) is 18.9 Å². The first kappa shape index (κ1) is 16.6. The van der Waals surface area contributed by atoms with Crippen LogP contribution < -0.4 is 10.3 Å². The van der Waals surface area contributed by atoms with Crippen molar-refractivity contribution < 1.29 is 9.84 Å². The molecule has 0 radical (unpaired) electrons. The number of hydrogen-bond donors (Lipinski definition) is 2. The maximum absolute atomic E-state index is 12.0. The Balaban J connectivity index is 2.78. The molecule has 2 rings (SSSR count). The third kappa shape index (κ3) is 3.22. The Hall–Kier alpha value is -2.72. The summed E-state index contributed by atoms with van der Waals surface area (Å²) in [5.41, 5.74) is 0.768. The van der Waals surface area contributed by atoms with Crippen molar-refractivity contribution in [3.63, 3.8) is 0 Å². The fraction of sp³-hybridized carbons (Fsp3) is 0.188. The van der Waals surface area contributed by atoms with Crippen LogP contribution in [-0.2, 0) is 6.42 Å². The van der Waals surface area contributed by atoms with Crippen LogP contribution in [0.25, 0.3) is 11.3 Å². The average Bonchev–Trinajstić information content (AvgIpc) is 2.56. The number of aromatic hydroxyl groups is 1. The molecule has 0 aliphatic heterocycles. The highest BCUT2D eigenvalue weighted by molar-refractivity contribution is 7.98. The molecule has 0 saturated heterocycles. The highest BCUT2D eigenvalue weighted by Crippen LogP contribution is 2.36. The molecule has 0 spiro atoms. The van der Waals surface area contributed by atoms with Gasteiger partial charge in [0.15, 0.2) is 16.7 Å². The SMILES string of the molecule is C=CCc1cc(-c2nc(SC)[nH]c(=O)c2C#N)cc(OC)c1O. The Morgan fingerprint density at radius 3 is 2.87 bits per heavy atom. The molecule has 118 valence electrons. The number of benzene rings is 1. The van der Waals surface area contributed by atoms with Crippen LogP contribution in [0.1, 0.15) is 11.1 Å². The monoisotopic (exact) mass is 329 g/mol. The second kappa shape index (κ2) is 7.03. The number of nitriles is 1. The van der Waals surface area contributed by atoms with Crippen LogP contribution >= 0.6 is 11.8 Å². The quantitative estimate of drug-likeness (QED) is 0.497. The van der Waals surface area contributed by atoms with Crippen LogP contribution in [0.15, 0.2) is 34.7 Å². The van der Waals surface area contributed by atoms with Gasteiger partial charge in [-0.3, -0.25) is 4.79 Å². The molecule has 0 bridgehead atoms. The van der Waals surface area contributed by atoms with Crippen molar-refractivity contribution >= 4 is 11.8 Å². The molecule has 2 aromatic rings. The number of ether oxygens (including phenoxy) is 1. The van der Waals surface area contributed by atoms with E-state index in [9.17, 15) is 15.2 Å². The van der Waals surface area contributed by atoms with Crippen molar-refractivity contribution in [2.45, 2.75) is 11.6 Å². The van der Waals surface area contributed by atoms with Crippen LogP contribution in [0.4, 0.5) is 0 Å². The van der Waals surface area contributed by atoms with Crippen molar-refractivity contribution in [3.8, 4) is 28.8 Å². The lowest BCUT2D eigenvalue weighted by Gasteiger charge is -2.12. The molecular weight excluding hydrogens is 314 g/mol. The molecular formula is C16H15N3O3S. The minimum atomic E-state index is -0.501. The third-order valence-electron chi connectivity index (χ3n) is 3.21. The zero-order valence-corrected chi connectivity index (χ0v) is 13.5. The number of phenols is 1. The first-order valence-corrected chi connectivity index (χ1v) is 7.87. The number of methoxy groups -OCH3 is 1. The molecule has 6 nitrogen and oxygen atoms in total. The summed E-state index contributed by atoms with van der Waals surface area (Å²) in [5, 5.41) is 19.8. The second-order valence-electron chi connectivity index (χ2n) is 4.59. The minimum Gasteiger partial charge on any atom is -0.504 e. The molecule has 23 heavy (non-hydrogen) atoms. The van der Waals surface area contributed by atoms with Gasteiger partial charge in [-0.25, -0.2) is 4.98 Å². The van der Waals surface area contributed by atoms with E-state index in [-0.39, 0.29) is 22.8 Å².